The number of aromatic nitrogens is 2. The quantitative estimate of drug-likeness (QED) is 0.758. The largest absolute Gasteiger partial charge is 0.333 e. The van der Waals surface area contributed by atoms with Crippen molar-refractivity contribution in [2.24, 2.45) is 0 Å². The first-order valence-electron chi connectivity index (χ1n) is 6.13. The maximum absolute atomic E-state index is 12.3. The van der Waals surface area contributed by atoms with Crippen molar-refractivity contribution in [1.29, 1.82) is 0 Å². The molecule has 98 valence electrons. The van der Waals surface area contributed by atoms with Crippen molar-refractivity contribution in [1.82, 2.24) is 20.0 Å². The molecule has 1 saturated heterocycles. The molecule has 1 N–H and O–H groups in total. The van der Waals surface area contributed by atoms with Gasteiger partial charge in [0.1, 0.15) is 5.69 Å². The summed E-state index contributed by atoms with van der Waals surface area (Å²) in [5.41, 5.74) is 0.00111. The second-order valence-corrected chi connectivity index (χ2v) is 4.77. The van der Waals surface area contributed by atoms with E-state index in [9.17, 15) is 9.59 Å². The molecule has 0 radical (unpaired) electrons. The zero-order valence-corrected chi connectivity index (χ0v) is 10.7. The summed E-state index contributed by atoms with van der Waals surface area (Å²) in [6.45, 7) is 4.61. The van der Waals surface area contributed by atoms with Crippen LogP contribution in [-0.4, -0.2) is 58.6 Å². The van der Waals surface area contributed by atoms with E-state index in [1.54, 1.807) is 0 Å². The summed E-state index contributed by atoms with van der Waals surface area (Å²) >= 11 is 0. The molecule has 1 atom stereocenters. The normalized spacial score (nSPS) is 21.7. The Morgan fingerprint density at radius 1 is 1.44 bits per heavy atom. The number of nitrogens with one attached hydrogen (secondary N) is 1. The molecule has 0 aromatic carbocycles. The van der Waals surface area contributed by atoms with Gasteiger partial charge < -0.3 is 9.80 Å². The molecular weight excluding hydrogens is 232 g/mol. The number of hydrogen-bond donors (Lipinski definition) is 1. The standard InChI is InChI=1S/C12H18N4O2/c1-9-8-15(2)6-3-7-16(9)12(18)10-4-5-11(17)14-13-10/h4-5,9H,3,6-8H2,1-2H3,(H,14,17). The molecule has 0 aliphatic carbocycles. The van der Waals surface area contributed by atoms with Crippen LogP contribution in [0.4, 0.5) is 0 Å². The predicted molar refractivity (Wildman–Crippen MR) is 67.5 cm³/mol. The summed E-state index contributed by atoms with van der Waals surface area (Å²) in [6.07, 6.45) is 0.954. The Balaban J connectivity index is 2.17. The van der Waals surface area contributed by atoms with Crippen molar-refractivity contribution < 1.29 is 4.79 Å². The molecule has 0 spiro atoms. The third kappa shape index (κ3) is 2.76. The van der Waals surface area contributed by atoms with Crippen molar-refractivity contribution in [3.05, 3.63) is 28.2 Å². The average molecular weight is 250 g/mol. The minimum atomic E-state index is -0.296. The molecule has 0 bridgehead atoms. The van der Waals surface area contributed by atoms with E-state index in [2.05, 4.69) is 22.1 Å². The summed E-state index contributed by atoms with van der Waals surface area (Å²) in [7, 11) is 2.06. The first-order chi connectivity index (χ1) is 8.58. The van der Waals surface area contributed by atoms with Crippen molar-refractivity contribution in [3.8, 4) is 0 Å². The van der Waals surface area contributed by atoms with Crippen LogP contribution in [0.1, 0.15) is 23.8 Å². The Labute approximate surface area is 106 Å². The number of likely N-dealkylation sites (N-methyl/N-ethyl adjacent to an activating group) is 1. The van der Waals surface area contributed by atoms with Gasteiger partial charge in [0.25, 0.3) is 11.5 Å². The van der Waals surface area contributed by atoms with Crippen molar-refractivity contribution in [2.45, 2.75) is 19.4 Å². The van der Waals surface area contributed by atoms with E-state index in [0.717, 1.165) is 26.1 Å². The zero-order valence-electron chi connectivity index (χ0n) is 10.7. The monoisotopic (exact) mass is 250 g/mol. The zero-order chi connectivity index (χ0) is 13.1. The molecule has 1 aromatic heterocycles. The molecule has 6 heteroatoms. The van der Waals surface area contributed by atoms with E-state index in [1.807, 2.05) is 11.8 Å². The number of rotatable bonds is 1. The van der Waals surface area contributed by atoms with Gasteiger partial charge in [-0.3, -0.25) is 9.59 Å². The van der Waals surface area contributed by atoms with Gasteiger partial charge in [-0.05, 0) is 33.0 Å². The molecule has 2 heterocycles. The van der Waals surface area contributed by atoms with Gasteiger partial charge in [-0.1, -0.05) is 0 Å². The van der Waals surface area contributed by atoms with Crippen molar-refractivity contribution >= 4 is 5.91 Å². The van der Waals surface area contributed by atoms with Gasteiger partial charge in [0, 0.05) is 25.2 Å². The highest BCUT2D eigenvalue weighted by Gasteiger charge is 2.25. The first kappa shape index (κ1) is 12.8. The van der Waals surface area contributed by atoms with Crippen LogP contribution < -0.4 is 5.56 Å². The molecule has 1 unspecified atom stereocenters. The van der Waals surface area contributed by atoms with Crippen LogP contribution in [0, 0.1) is 0 Å². The Kier molecular flexibility index (Phi) is 3.76. The summed E-state index contributed by atoms with van der Waals surface area (Å²) in [5.74, 6) is -0.117. The maximum atomic E-state index is 12.3. The predicted octanol–water partition coefficient (Wildman–Crippen LogP) is -0.0639. The molecule has 1 aromatic rings. The van der Waals surface area contributed by atoms with E-state index < -0.39 is 0 Å². The molecule has 18 heavy (non-hydrogen) atoms. The van der Waals surface area contributed by atoms with E-state index in [-0.39, 0.29) is 17.5 Å². The number of H-pyrrole nitrogens is 1. The smallest absolute Gasteiger partial charge is 0.274 e. The van der Waals surface area contributed by atoms with Crippen LogP contribution in [-0.2, 0) is 0 Å². The van der Waals surface area contributed by atoms with Crippen molar-refractivity contribution in [2.75, 3.05) is 26.7 Å². The van der Waals surface area contributed by atoms with E-state index in [0.29, 0.717) is 5.69 Å². The molecule has 1 amide bonds. The van der Waals surface area contributed by atoms with Crippen LogP contribution >= 0.6 is 0 Å². The highest BCUT2D eigenvalue weighted by atomic mass is 16.2. The van der Waals surface area contributed by atoms with E-state index in [4.69, 9.17) is 0 Å². The topological polar surface area (TPSA) is 69.3 Å². The molecule has 1 aliphatic heterocycles. The van der Waals surface area contributed by atoms with Crippen LogP contribution in [0.5, 0.6) is 0 Å². The fourth-order valence-electron chi connectivity index (χ4n) is 2.28. The van der Waals surface area contributed by atoms with E-state index >= 15 is 0 Å². The summed E-state index contributed by atoms with van der Waals surface area (Å²) in [4.78, 5) is 27.3. The van der Waals surface area contributed by atoms with Crippen molar-refractivity contribution in [3.63, 3.8) is 0 Å². The van der Waals surface area contributed by atoms with Gasteiger partial charge in [-0.15, -0.1) is 0 Å². The average Bonchev–Trinajstić information content (AvgIpc) is 2.50. The lowest BCUT2D eigenvalue weighted by atomic mass is 10.2. The molecule has 6 nitrogen and oxygen atoms in total. The lowest BCUT2D eigenvalue weighted by molar-refractivity contribution is 0.0689. The number of hydrogen-bond acceptors (Lipinski definition) is 4. The number of amides is 1. The van der Waals surface area contributed by atoms with E-state index in [1.165, 1.54) is 12.1 Å². The molecule has 2 rings (SSSR count). The first-order valence-corrected chi connectivity index (χ1v) is 6.13. The Hall–Kier alpha value is -1.69. The number of carbonyl (C=O) groups excluding carboxylic acids is 1. The van der Waals surface area contributed by atoms with Crippen LogP contribution in [0.15, 0.2) is 16.9 Å². The highest BCUT2D eigenvalue weighted by Crippen LogP contribution is 2.11. The second-order valence-electron chi connectivity index (χ2n) is 4.77. The van der Waals surface area contributed by atoms with Gasteiger partial charge in [-0.25, -0.2) is 5.10 Å². The number of aromatic amines is 1. The Morgan fingerprint density at radius 3 is 2.89 bits per heavy atom. The highest BCUT2D eigenvalue weighted by molar-refractivity contribution is 5.92. The lowest BCUT2D eigenvalue weighted by Crippen LogP contribution is -2.42. The minimum Gasteiger partial charge on any atom is -0.333 e. The van der Waals surface area contributed by atoms with Crippen LogP contribution in [0.3, 0.4) is 0 Å². The van der Waals surface area contributed by atoms with Gasteiger partial charge in [0.05, 0.1) is 0 Å². The third-order valence-electron chi connectivity index (χ3n) is 3.21. The molecule has 1 fully saturated rings. The lowest BCUT2D eigenvalue weighted by Gasteiger charge is -2.27. The Morgan fingerprint density at radius 2 is 2.22 bits per heavy atom. The van der Waals surface area contributed by atoms with Gasteiger partial charge >= 0.3 is 0 Å². The molecular formula is C12H18N4O2. The number of carbonyl (C=O) groups is 1. The summed E-state index contributed by atoms with van der Waals surface area (Å²) < 4.78 is 0. The van der Waals surface area contributed by atoms with Crippen LogP contribution in [0.25, 0.3) is 0 Å². The maximum Gasteiger partial charge on any atom is 0.274 e. The SMILES string of the molecule is CC1CN(C)CCCN1C(=O)c1ccc(=O)[nH]n1. The second kappa shape index (κ2) is 5.30. The molecule has 1 aliphatic rings. The fraction of sp³-hybridized carbons (Fsp3) is 0.583. The number of nitrogens with zero attached hydrogens (tertiary/aromatic N) is 3. The minimum absolute atomic E-state index is 0.117. The van der Waals surface area contributed by atoms with Gasteiger partial charge in [-0.2, -0.15) is 5.10 Å². The summed E-state index contributed by atoms with van der Waals surface area (Å²) in [6, 6.07) is 2.95. The van der Waals surface area contributed by atoms with Gasteiger partial charge in [0.2, 0.25) is 0 Å². The Bertz CT molecular complexity index is 465. The summed E-state index contributed by atoms with van der Waals surface area (Å²) in [5, 5.41) is 6.09. The molecule has 0 saturated carbocycles. The van der Waals surface area contributed by atoms with Crippen LogP contribution in [0.2, 0.25) is 0 Å². The fourth-order valence-corrected chi connectivity index (χ4v) is 2.28. The third-order valence-corrected chi connectivity index (χ3v) is 3.21. The van der Waals surface area contributed by atoms with Gasteiger partial charge in [0.15, 0.2) is 0 Å².